The van der Waals surface area contributed by atoms with E-state index in [1.165, 1.54) is 6.33 Å². The van der Waals surface area contributed by atoms with Crippen LogP contribution < -0.4 is 0 Å². The van der Waals surface area contributed by atoms with Crippen molar-refractivity contribution < 1.29 is 9.47 Å². The van der Waals surface area contributed by atoms with Crippen molar-refractivity contribution in [3.8, 4) is 0 Å². The number of benzene rings is 1. The molecule has 0 aliphatic carbocycles. The van der Waals surface area contributed by atoms with Crippen LogP contribution in [0.5, 0.6) is 0 Å². The summed E-state index contributed by atoms with van der Waals surface area (Å²) in [5.74, 6) is -0.980. The molecular weight excluding hydrogens is 321 g/mol. The van der Waals surface area contributed by atoms with E-state index < -0.39 is 5.79 Å². The van der Waals surface area contributed by atoms with Gasteiger partial charge in [0.25, 0.3) is 0 Å². The monoisotopic (exact) mass is 331 g/mol. The first-order chi connectivity index (χ1) is 9.61. The third kappa shape index (κ3) is 2.49. The lowest BCUT2D eigenvalue weighted by Gasteiger charge is -2.28. The minimum atomic E-state index is -0.980. The molecule has 0 radical (unpaired) electrons. The molecule has 1 saturated heterocycles. The van der Waals surface area contributed by atoms with Crippen LogP contribution in [-0.2, 0) is 21.8 Å². The lowest BCUT2D eigenvalue weighted by atomic mass is 10.1. The summed E-state index contributed by atoms with van der Waals surface area (Å²) >= 11 is 17.3. The second-order valence-corrected chi connectivity index (χ2v) is 5.54. The van der Waals surface area contributed by atoms with Crippen LogP contribution in [0.25, 0.3) is 0 Å². The fourth-order valence-electron chi connectivity index (χ4n) is 2.19. The van der Waals surface area contributed by atoms with Crippen molar-refractivity contribution in [2.24, 2.45) is 0 Å². The molecule has 1 aliphatic rings. The first-order valence-electron chi connectivity index (χ1n) is 5.94. The molecule has 1 aromatic carbocycles. The lowest BCUT2D eigenvalue weighted by Crippen LogP contribution is -2.33. The first-order valence-corrected chi connectivity index (χ1v) is 7.11. The van der Waals surface area contributed by atoms with Crippen LogP contribution in [-0.4, -0.2) is 28.0 Å². The molecule has 1 aliphatic heterocycles. The Morgan fingerprint density at radius 3 is 2.70 bits per heavy atom. The normalized spacial score (nSPS) is 17.5. The Balaban J connectivity index is 2.03. The van der Waals surface area contributed by atoms with Gasteiger partial charge in [0, 0.05) is 10.6 Å². The standard InChI is InChI=1S/C12H11Cl2N3O2S/c13-8-1-2-9(10(14)5-8)12(18-3-4-19-12)6-17-11(20)15-7-16-17/h1-2,5,7H,3-4,6H2,(H,15,16,20). The van der Waals surface area contributed by atoms with Crippen molar-refractivity contribution >= 4 is 35.4 Å². The number of aromatic amines is 1. The molecule has 1 aromatic heterocycles. The second-order valence-electron chi connectivity index (χ2n) is 4.33. The number of nitrogens with zero attached hydrogens (tertiary/aromatic N) is 2. The Morgan fingerprint density at radius 1 is 1.35 bits per heavy atom. The number of hydrogen-bond acceptors (Lipinski definition) is 4. The average Bonchev–Trinajstić information content (AvgIpc) is 3.01. The van der Waals surface area contributed by atoms with Gasteiger partial charge >= 0.3 is 0 Å². The molecule has 0 spiro atoms. The second kappa shape index (κ2) is 5.46. The highest BCUT2D eigenvalue weighted by Crippen LogP contribution is 2.38. The van der Waals surface area contributed by atoms with E-state index >= 15 is 0 Å². The smallest absolute Gasteiger partial charge is 0.216 e. The number of ether oxygens (including phenoxy) is 2. The Hall–Kier alpha value is -0.920. The average molecular weight is 332 g/mol. The highest BCUT2D eigenvalue weighted by atomic mass is 35.5. The van der Waals surface area contributed by atoms with E-state index in [1.54, 1.807) is 22.9 Å². The number of hydrogen-bond donors (Lipinski definition) is 1. The maximum absolute atomic E-state index is 6.27. The minimum absolute atomic E-state index is 0.340. The van der Waals surface area contributed by atoms with E-state index in [-0.39, 0.29) is 0 Å². The first kappa shape index (κ1) is 14.0. The van der Waals surface area contributed by atoms with Crippen LogP contribution in [0.3, 0.4) is 0 Å². The number of rotatable bonds is 3. The third-order valence-electron chi connectivity index (χ3n) is 3.08. The van der Waals surface area contributed by atoms with Crippen molar-refractivity contribution in [2.45, 2.75) is 12.3 Å². The molecule has 5 nitrogen and oxygen atoms in total. The maximum atomic E-state index is 6.27. The molecular formula is C12H11Cl2N3O2S. The summed E-state index contributed by atoms with van der Waals surface area (Å²) in [6, 6.07) is 5.22. The fraction of sp³-hybridized carbons (Fsp3) is 0.333. The number of halogens is 2. The van der Waals surface area contributed by atoms with E-state index in [9.17, 15) is 0 Å². The molecule has 106 valence electrons. The van der Waals surface area contributed by atoms with Gasteiger partial charge in [-0.25, -0.2) is 4.98 Å². The molecule has 3 rings (SSSR count). The van der Waals surface area contributed by atoms with Gasteiger partial charge in [0.2, 0.25) is 10.6 Å². The summed E-state index contributed by atoms with van der Waals surface area (Å²) in [4.78, 5) is 3.98. The molecule has 20 heavy (non-hydrogen) atoms. The zero-order valence-electron chi connectivity index (χ0n) is 10.3. The summed E-state index contributed by atoms with van der Waals surface area (Å²) in [5, 5.41) is 3.98. The Bertz CT molecular complexity index is 679. The Morgan fingerprint density at radius 2 is 2.10 bits per heavy atom. The fourth-order valence-corrected chi connectivity index (χ4v) is 2.91. The summed E-state index contributed by atoms with van der Waals surface area (Å²) < 4.78 is 13.7. The quantitative estimate of drug-likeness (QED) is 0.878. The highest BCUT2D eigenvalue weighted by molar-refractivity contribution is 7.71. The lowest BCUT2D eigenvalue weighted by molar-refractivity contribution is -0.177. The summed E-state index contributed by atoms with van der Waals surface area (Å²) in [5.41, 5.74) is 0.720. The van der Waals surface area contributed by atoms with Gasteiger partial charge in [-0.3, -0.25) is 9.78 Å². The maximum Gasteiger partial charge on any atom is 0.216 e. The van der Waals surface area contributed by atoms with Crippen LogP contribution in [0.1, 0.15) is 5.56 Å². The van der Waals surface area contributed by atoms with E-state index in [1.807, 2.05) is 0 Å². The van der Waals surface area contributed by atoms with Crippen LogP contribution in [0.4, 0.5) is 0 Å². The number of aromatic nitrogens is 3. The largest absolute Gasteiger partial charge is 0.342 e. The predicted octanol–water partition coefficient (Wildman–Crippen LogP) is 3.15. The van der Waals surface area contributed by atoms with Gasteiger partial charge in [-0.2, -0.15) is 0 Å². The number of nitrogens with one attached hydrogen (secondary N) is 1. The molecule has 0 atom stereocenters. The molecule has 1 N–H and O–H groups in total. The third-order valence-corrected chi connectivity index (χ3v) is 3.95. The van der Waals surface area contributed by atoms with Crippen molar-refractivity contribution in [3.05, 3.63) is 44.9 Å². The van der Waals surface area contributed by atoms with E-state index in [2.05, 4.69) is 10.1 Å². The Kier molecular flexibility index (Phi) is 3.83. The zero-order valence-corrected chi connectivity index (χ0v) is 12.6. The predicted molar refractivity (Wildman–Crippen MR) is 77.5 cm³/mol. The molecule has 2 aromatic rings. The van der Waals surface area contributed by atoms with E-state index in [0.717, 1.165) is 5.56 Å². The molecule has 8 heteroatoms. The molecule has 1 fully saturated rings. The van der Waals surface area contributed by atoms with Crippen molar-refractivity contribution in [1.82, 2.24) is 14.8 Å². The van der Waals surface area contributed by atoms with Gasteiger partial charge in [0.05, 0.1) is 18.2 Å². The van der Waals surface area contributed by atoms with Gasteiger partial charge in [-0.1, -0.05) is 29.3 Å². The van der Waals surface area contributed by atoms with Gasteiger partial charge in [0.1, 0.15) is 12.9 Å². The number of H-pyrrole nitrogens is 1. The van der Waals surface area contributed by atoms with Gasteiger partial charge in [-0.05, 0) is 24.4 Å². The van der Waals surface area contributed by atoms with Crippen LogP contribution in [0.2, 0.25) is 10.0 Å². The van der Waals surface area contributed by atoms with Gasteiger partial charge in [-0.15, -0.1) is 0 Å². The molecule has 0 saturated carbocycles. The summed E-state index contributed by atoms with van der Waals surface area (Å²) in [6.07, 6.45) is 1.52. The molecule has 0 amide bonds. The molecule has 2 heterocycles. The SMILES string of the molecule is S=c1nc[nH]n1CC1(c2ccc(Cl)cc2Cl)OCCO1. The topological polar surface area (TPSA) is 52.1 Å². The van der Waals surface area contributed by atoms with Crippen molar-refractivity contribution in [3.63, 3.8) is 0 Å². The van der Waals surface area contributed by atoms with Crippen LogP contribution in [0.15, 0.2) is 24.5 Å². The summed E-state index contributed by atoms with van der Waals surface area (Å²) in [7, 11) is 0. The van der Waals surface area contributed by atoms with Gasteiger partial charge in [0.15, 0.2) is 0 Å². The van der Waals surface area contributed by atoms with Crippen molar-refractivity contribution in [1.29, 1.82) is 0 Å². The highest BCUT2D eigenvalue weighted by Gasteiger charge is 2.41. The van der Waals surface area contributed by atoms with Crippen LogP contribution in [0, 0.1) is 4.77 Å². The van der Waals surface area contributed by atoms with Crippen molar-refractivity contribution in [2.75, 3.05) is 13.2 Å². The summed E-state index contributed by atoms with van der Waals surface area (Å²) in [6.45, 7) is 1.31. The van der Waals surface area contributed by atoms with E-state index in [4.69, 9.17) is 44.9 Å². The Labute approximate surface area is 130 Å². The molecule has 0 bridgehead atoms. The van der Waals surface area contributed by atoms with Crippen LogP contribution >= 0.6 is 35.4 Å². The minimum Gasteiger partial charge on any atom is -0.342 e. The molecule has 0 unspecified atom stereocenters. The van der Waals surface area contributed by atoms with E-state index in [0.29, 0.717) is 34.6 Å². The zero-order chi connectivity index (χ0) is 14.2. The van der Waals surface area contributed by atoms with Gasteiger partial charge < -0.3 is 9.47 Å².